The molecule has 0 saturated heterocycles. The molecule has 4 aromatic rings. The van der Waals surface area contributed by atoms with Crippen molar-refractivity contribution in [3.05, 3.63) is 94.5 Å². The summed E-state index contributed by atoms with van der Waals surface area (Å²) >= 11 is 2.80. The third-order valence-electron chi connectivity index (χ3n) is 4.67. The van der Waals surface area contributed by atoms with E-state index in [0.717, 1.165) is 11.3 Å². The number of halogens is 1. The molecule has 0 unspecified atom stereocenters. The van der Waals surface area contributed by atoms with Gasteiger partial charge in [-0.15, -0.1) is 11.8 Å². The van der Waals surface area contributed by atoms with Gasteiger partial charge < -0.3 is 5.32 Å². The number of hydrogen-bond donors (Lipinski definition) is 1. The number of carbonyl (C=O) groups is 1. The lowest BCUT2D eigenvalue weighted by Crippen LogP contribution is -2.21. The van der Waals surface area contributed by atoms with E-state index in [4.69, 9.17) is 0 Å². The molecule has 1 amide bonds. The van der Waals surface area contributed by atoms with Gasteiger partial charge in [-0.2, -0.15) is 0 Å². The van der Waals surface area contributed by atoms with Gasteiger partial charge in [0.05, 0.1) is 22.3 Å². The van der Waals surface area contributed by atoms with Crippen LogP contribution in [0.5, 0.6) is 0 Å². The van der Waals surface area contributed by atoms with Crippen LogP contribution in [-0.4, -0.2) is 26.3 Å². The Labute approximate surface area is 193 Å². The number of hydrogen-bond acceptors (Lipinski definition) is 5. The van der Waals surface area contributed by atoms with Crippen molar-refractivity contribution < 1.29 is 9.18 Å². The Morgan fingerprint density at radius 3 is 2.50 bits per heavy atom. The number of aryl methyl sites for hydroxylation is 1. The van der Waals surface area contributed by atoms with Crippen molar-refractivity contribution in [3.63, 3.8) is 0 Å². The third-order valence-corrected chi connectivity index (χ3v) is 6.81. The fraction of sp³-hybridized carbons (Fsp3) is 0.125. The number of nitrogens with zero attached hydrogens (tertiary/aromatic N) is 2. The van der Waals surface area contributed by atoms with Crippen LogP contribution in [0.2, 0.25) is 0 Å². The third kappa shape index (κ3) is 5.20. The van der Waals surface area contributed by atoms with Crippen LogP contribution in [0.4, 0.5) is 10.1 Å². The van der Waals surface area contributed by atoms with E-state index in [0.29, 0.717) is 26.8 Å². The van der Waals surface area contributed by atoms with E-state index in [1.807, 2.05) is 37.3 Å². The molecular weight excluding hydrogens is 445 g/mol. The monoisotopic (exact) mass is 465 g/mol. The molecule has 162 valence electrons. The summed E-state index contributed by atoms with van der Waals surface area (Å²) in [5, 5.41) is 4.37. The number of rotatable bonds is 7. The first-order valence-corrected chi connectivity index (χ1v) is 12.0. The smallest absolute Gasteiger partial charge is 0.266 e. The van der Waals surface area contributed by atoms with Crippen LogP contribution in [0.1, 0.15) is 5.56 Å². The Balaban J connectivity index is 1.49. The van der Waals surface area contributed by atoms with Crippen molar-refractivity contribution in [2.75, 3.05) is 16.2 Å². The Morgan fingerprint density at radius 2 is 1.75 bits per heavy atom. The maximum absolute atomic E-state index is 13.4. The number of para-hydroxylation sites is 1. The van der Waals surface area contributed by atoms with E-state index in [1.165, 1.54) is 40.2 Å². The van der Waals surface area contributed by atoms with Crippen molar-refractivity contribution in [2.24, 2.45) is 0 Å². The second kappa shape index (κ2) is 10.0. The number of amides is 1. The predicted molar refractivity (Wildman–Crippen MR) is 130 cm³/mol. The molecule has 0 bridgehead atoms. The summed E-state index contributed by atoms with van der Waals surface area (Å²) in [4.78, 5) is 30.0. The van der Waals surface area contributed by atoms with Gasteiger partial charge in [0, 0.05) is 10.8 Å². The van der Waals surface area contributed by atoms with Crippen molar-refractivity contribution in [1.82, 2.24) is 9.55 Å². The van der Waals surface area contributed by atoms with Crippen molar-refractivity contribution in [3.8, 4) is 5.69 Å². The Bertz CT molecular complexity index is 1310. The van der Waals surface area contributed by atoms with Crippen LogP contribution in [-0.2, 0) is 4.79 Å². The minimum Gasteiger partial charge on any atom is -0.325 e. The summed E-state index contributed by atoms with van der Waals surface area (Å²) in [6.45, 7) is 1.99. The zero-order valence-corrected chi connectivity index (χ0v) is 18.9. The maximum Gasteiger partial charge on any atom is 0.266 e. The number of nitrogens with one attached hydrogen (secondary N) is 1. The lowest BCUT2D eigenvalue weighted by molar-refractivity contribution is -0.113. The molecule has 3 aromatic carbocycles. The Hall–Kier alpha value is -3.10. The van der Waals surface area contributed by atoms with Gasteiger partial charge in [0.25, 0.3) is 5.56 Å². The Kier molecular flexibility index (Phi) is 6.92. The van der Waals surface area contributed by atoms with E-state index in [9.17, 15) is 14.0 Å². The second-order valence-electron chi connectivity index (χ2n) is 7.05. The van der Waals surface area contributed by atoms with Crippen LogP contribution in [0.25, 0.3) is 16.6 Å². The highest BCUT2D eigenvalue weighted by molar-refractivity contribution is 8.16. The number of thioether (sulfide) groups is 2. The average Bonchev–Trinajstić information content (AvgIpc) is 2.79. The van der Waals surface area contributed by atoms with Gasteiger partial charge in [0.1, 0.15) is 5.82 Å². The molecule has 0 aliphatic carbocycles. The topological polar surface area (TPSA) is 64.0 Å². The first-order chi connectivity index (χ1) is 15.5. The van der Waals surface area contributed by atoms with E-state index in [2.05, 4.69) is 10.3 Å². The van der Waals surface area contributed by atoms with E-state index in [-0.39, 0.29) is 23.0 Å². The van der Waals surface area contributed by atoms with Gasteiger partial charge >= 0.3 is 0 Å². The molecule has 0 aliphatic rings. The molecule has 8 heteroatoms. The minimum absolute atomic E-state index is 0.0955. The van der Waals surface area contributed by atoms with Gasteiger partial charge in [-0.05, 0) is 55.5 Å². The van der Waals surface area contributed by atoms with Gasteiger partial charge in [-0.1, -0.05) is 41.6 Å². The fourth-order valence-corrected chi connectivity index (χ4v) is 4.92. The fourth-order valence-electron chi connectivity index (χ4n) is 3.09. The zero-order valence-electron chi connectivity index (χ0n) is 17.2. The number of anilines is 1. The van der Waals surface area contributed by atoms with Crippen LogP contribution >= 0.6 is 23.5 Å². The molecule has 0 fully saturated rings. The molecule has 0 aliphatic heterocycles. The summed E-state index contributed by atoms with van der Waals surface area (Å²) in [7, 11) is 0. The molecule has 4 rings (SSSR count). The average molecular weight is 466 g/mol. The van der Waals surface area contributed by atoms with Crippen molar-refractivity contribution in [2.45, 2.75) is 12.1 Å². The second-order valence-corrected chi connectivity index (χ2v) is 9.35. The van der Waals surface area contributed by atoms with E-state index < -0.39 is 0 Å². The molecule has 1 N–H and O–H groups in total. The molecule has 5 nitrogen and oxygen atoms in total. The van der Waals surface area contributed by atoms with Gasteiger partial charge in [-0.25, -0.2) is 9.37 Å². The summed E-state index contributed by atoms with van der Waals surface area (Å²) in [5.41, 5.74) is 2.81. The molecular formula is C24H20FN3O2S2. The van der Waals surface area contributed by atoms with Crippen LogP contribution < -0.4 is 10.9 Å². The van der Waals surface area contributed by atoms with Crippen molar-refractivity contribution in [1.29, 1.82) is 0 Å². The first-order valence-electron chi connectivity index (χ1n) is 9.86. The number of benzene rings is 3. The predicted octanol–water partition coefficient (Wildman–Crippen LogP) is 5.25. The SMILES string of the molecule is Cc1ccc(NC(=O)CSCSc2nc3ccccc3c(=O)n2-c2ccc(F)cc2)cc1. The molecule has 1 heterocycles. The van der Waals surface area contributed by atoms with E-state index >= 15 is 0 Å². The lowest BCUT2D eigenvalue weighted by Gasteiger charge is -2.13. The lowest BCUT2D eigenvalue weighted by atomic mass is 10.2. The quantitative estimate of drug-likeness (QED) is 0.175. The van der Waals surface area contributed by atoms with Gasteiger partial charge in [-0.3, -0.25) is 14.2 Å². The van der Waals surface area contributed by atoms with E-state index in [1.54, 1.807) is 30.3 Å². The minimum atomic E-state index is -0.375. The molecule has 0 atom stereocenters. The number of aromatic nitrogens is 2. The number of fused-ring (bicyclic) bond motifs is 1. The largest absolute Gasteiger partial charge is 0.325 e. The molecule has 1 aromatic heterocycles. The summed E-state index contributed by atoms with van der Waals surface area (Å²) in [5.74, 6) is -0.198. The van der Waals surface area contributed by atoms with Crippen LogP contribution in [0, 0.1) is 12.7 Å². The van der Waals surface area contributed by atoms with Gasteiger partial charge in [0.2, 0.25) is 5.91 Å². The Morgan fingerprint density at radius 1 is 1.03 bits per heavy atom. The maximum atomic E-state index is 13.4. The normalized spacial score (nSPS) is 10.9. The summed E-state index contributed by atoms with van der Waals surface area (Å²) in [6, 6.07) is 20.5. The highest BCUT2D eigenvalue weighted by Crippen LogP contribution is 2.25. The van der Waals surface area contributed by atoms with Crippen LogP contribution in [0.15, 0.2) is 82.7 Å². The molecule has 32 heavy (non-hydrogen) atoms. The highest BCUT2D eigenvalue weighted by Gasteiger charge is 2.14. The van der Waals surface area contributed by atoms with Gasteiger partial charge in [0.15, 0.2) is 5.16 Å². The molecule has 0 radical (unpaired) electrons. The number of carbonyl (C=O) groups excluding carboxylic acids is 1. The standard InChI is InChI=1S/C24H20FN3O2S2/c1-16-6-10-18(11-7-16)26-22(29)14-31-15-32-24-27-21-5-3-2-4-20(21)23(30)28(24)19-12-8-17(25)9-13-19/h2-13H,14-15H2,1H3,(H,26,29). The zero-order chi connectivity index (χ0) is 22.5. The summed E-state index contributed by atoms with van der Waals surface area (Å²) < 4.78 is 14.9. The first kappa shape index (κ1) is 22.1. The van der Waals surface area contributed by atoms with Crippen LogP contribution in [0.3, 0.4) is 0 Å². The molecule has 0 spiro atoms. The summed E-state index contributed by atoms with van der Waals surface area (Å²) in [6.07, 6.45) is 0. The molecule has 0 saturated carbocycles. The highest BCUT2D eigenvalue weighted by atomic mass is 32.2. The van der Waals surface area contributed by atoms with Crippen molar-refractivity contribution >= 4 is 46.0 Å².